The van der Waals surface area contributed by atoms with Gasteiger partial charge >= 0.3 is 6.03 Å². The van der Waals surface area contributed by atoms with Crippen LogP contribution in [0.5, 0.6) is 5.75 Å². The maximum atomic E-state index is 13.0. The number of rotatable bonds is 5. The first-order valence-electron chi connectivity index (χ1n) is 9.81. The molecular weight excluding hydrogens is 393 g/mol. The molecule has 0 aliphatic carbocycles. The van der Waals surface area contributed by atoms with E-state index in [-0.39, 0.29) is 18.4 Å². The van der Waals surface area contributed by atoms with Gasteiger partial charge in [-0.15, -0.1) is 0 Å². The number of H-pyrrole nitrogens is 1. The summed E-state index contributed by atoms with van der Waals surface area (Å²) in [7, 11) is 0. The molecule has 1 atom stereocenters. The van der Waals surface area contributed by atoms with Crippen LogP contribution in [0, 0.1) is 5.82 Å². The highest BCUT2D eigenvalue weighted by atomic mass is 19.1. The molecule has 1 saturated heterocycles. The van der Waals surface area contributed by atoms with E-state index in [1.807, 2.05) is 0 Å². The molecule has 1 aliphatic rings. The number of hydrogen-bond donors (Lipinski definition) is 4. The number of halogens is 1. The zero-order valence-corrected chi connectivity index (χ0v) is 16.6. The van der Waals surface area contributed by atoms with Gasteiger partial charge in [-0.05, 0) is 43.9 Å². The fraction of sp³-hybridized carbons (Fsp3) is 0.400. The molecule has 3 rings (SSSR count). The third kappa shape index (κ3) is 4.76. The molecule has 2 aromatic rings. The van der Waals surface area contributed by atoms with E-state index in [4.69, 9.17) is 0 Å². The number of carbonyl (C=O) groups excluding carboxylic acids is 2. The minimum atomic E-state index is -0.853. The zero-order valence-electron chi connectivity index (χ0n) is 16.6. The normalized spacial score (nSPS) is 16.2. The Morgan fingerprint density at radius 2 is 2.00 bits per heavy atom. The van der Waals surface area contributed by atoms with Gasteiger partial charge in [-0.1, -0.05) is 12.1 Å². The molecule has 0 bridgehead atoms. The van der Waals surface area contributed by atoms with Crippen molar-refractivity contribution in [3.8, 4) is 5.75 Å². The van der Waals surface area contributed by atoms with Crippen LogP contribution in [0.1, 0.15) is 54.1 Å². The summed E-state index contributed by atoms with van der Waals surface area (Å²) < 4.78 is 13.0. The third-order valence-electron chi connectivity index (χ3n) is 4.90. The molecule has 1 aliphatic heterocycles. The molecule has 0 radical (unpaired) electrons. The summed E-state index contributed by atoms with van der Waals surface area (Å²) in [5, 5.41) is 15.4. The molecule has 1 aromatic carbocycles. The van der Waals surface area contributed by atoms with E-state index in [0.29, 0.717) is 25.1 Å². The Bertz CT molecular complexity index is 976. The molecule has 1 aromatic heterocycles. The van der Waals surface area contributed by atoms with Crippen molar-refractivity contribution in [3.63, 3.8) is 0 Å². The van der Waals surface area contributed by atoms with Crippen molar-refractivity contribution in [3.05, 3.63) is 57.5 Å². The SMILES string of the molecule is CCNC(=O)N1CCCCC1c1nc(C(=O)NCc2ccc(F)cc2)c(O)c(=O)[nH]1. The van der Waals surface area contributed by atoms with Crippen LogP contribution >= 0.6 is 0 Å². The molecule has 2 heterocycles. The molecule has 160 valence electrons. The van der Waals surface area contributed by atoms with Crippen LogP contribution in [0.4, 0.5) is 9.18 Å². The first kappa shape index (κ1) is 21.3. The average molecular weight is 417 g/mol. The first-order chi connectivity index (χ1) is 14.4. The van der Waals surface area contributed by atoms with E-state index in [1.54, 1.807) is 11.8 Å². The summed E-state index contributed by atoms with van der Waals surface area (Å²) in [5.41, 5.74) is -0.630. The number of hydrogen-bond acceptors (Lipinski definition) is 5. The zero-order chi connectivity index (χ0) is 21.7. The number of aromatic hydroxyl groups is 1. The largest absolute Gasteiger partial charge is 0.501 e. The Hall–Kier alpha value is -3.43. The summed E-state index contributed by atoms with van der Waals surface area (Å²) in [6.45, 7) is 2.82. The molecule has 0 spiro atoms. The molecule has 1 unspecified atom stereocenters. The number of aromatic nitrogens is 2. The van der Waals surface area contributed by atoms with Crippen LogP contribution in [-0.4, -0.2) is 45.0 Å². The number of amides is 3. The van der Waals surface area contributed by atoms with Gasteiger partial charge < -0.3 is 25.6 Å². The summed E-state index contributed by atoms with van der Waals surface area (Å²) in [6.07, 6.45) is 2.22. The van der Waals surface area contributed by atoms with E-state index in [0.717, 1.165) is 12.8 Å². The Labute approximate surface area is 172 Å². The maximum absolute atomic E-state index is 13.0. The fourth-order valence-corrected chi connectivity index (χ4v) is 3.38. The Morgan fingerprint density at radius 3 is 2.70 bits per heavy atom. The molecule has 0 saturated carbocycles. The van der Waals surface area contributed by atoms with E-state index in [2.05, 4.69) is 20.6 Å². The standard InChI is InChI=1S/C20H24FN5O4/c1-2-22-20(30)26-10-4-3-5-14(26)17-24-15(16(27)19(29)25-17)18(28)23-11-12-6-8-13(21)9-7-12/h6-9,14,27H,2-5,10-11H2,1H3,(H,22,30)(H,23,28)(H,24,25,29). The monoisotopic (exact) mass is 417 g/mol. The second-order valence-corrected chi connectivity index (χ2v) is 7.00. The van der Waals surface area contributed by atoms with Crippen molar-refractivity contribution in [2.45, 2.75) is 38.8 Å². The Kier molecular flexibility index (Phi) is 6.65. The van der Waals surface area contributed by atoms with Crippen molar-refractivity contribution < 1.29 is 19.1 Å². The van der Waals surface area contributed by atoms with Crippen molar-refractivity contribution in [2.24, 2.45) is 0 Å². The highest BCUT2D eigenvalue weighted by molar-refractivity contribution is 5.94. The molecule has 9 nitrogen and oxygen atoms in total. The summed E-state index contributed by atoms with van der Waals surface area (Å²) in [5.74, 6) is -1.79. The predicted molar refractivity (Wildman–Crippen MR) is 106 cm³/mol. The van der Waals surface area contributed by atoms with Gasteiger partial charge in [0.05, 0.1) is 6.04 Å². The number of aromatic amines is 1. The number of likely N-dealkylation sites (tertiary alicyclic amines) is 1. The summed E-state index contributed by atoms with van der Waals surface area (Å²) in [6, 6.07) is 4.77. The number of nitrogens with zero attached hydrogens (tertiary/aromatic N) is 2. The van der Waals surface area contributed by atoms with Gasteiger partial charge in [0.25, 0.3) is 11.5 Å². The van der Waals surface area contributed by atoms with Crippen molar-refractivity contribution in [1.29, 1.82) is 0 Å². The molecule has 3 amide bonds. The lowest BCUT2D eigenvalue weighted by Gasteiger charge is -2.34. The summed E-state index contributed by atoms with van der Waals surface area (Å²) >= 11 is 0. The maximum Gasteiger partial charge on any atom is 0.318 e. The van der Waals surface area contributed by atoms with Crippen LogP contribution in [0.2, 0.25) is 0 Å². The van der Waals surface area contributed by atoms with Crippen molar-refractivity contribution >= 4 is 11.9 Å². The lowest BCUT2D eigenvalue weighted by Crippen LogP contribution is -2.45. The highest BCUT2D eigenvalue weighted by Gasteiger charge is 2.31. The van der Waals surface area contributed by atoms with E-state index >= 15 is 0 Å². The van der Waals surface area contributed by atoms with Gasteiger partial charge in [-0.2, -0.15) is 0 Å². The molecule has 4 N–H and O–H groups in total. The quantitative estimate of drug-likeness (QED) is 0.590. The van der Waals surface area contributed by atoms with Crippen LogP contribution in [0.25, 0.3) is 0 Å². The molecular formula is C20H24FN5O4. The second kappa shape index (κ2) is 9.38. The Morgan fingerprint density at radius 1 is 1.27 bits per heavy atom. The average Bonchev–Trinajstić information content (AvgIpc) is 2.75. The van der Waals surface area contributed by atoms with Crippen LogP contribution in [0.3, 0.4) is 0 Å². The highest BCUT2D eigenvalue weighted by Crippen LogP contribution is 2.29. The van der Waals surface area contributed by atoms with Gasteiger partial charge in [0.2, 0.25) is 5.75 Å². The number of benzene rings is 1. The number of nitrogens with one attached hydrogen (secondary N) is 3. The van der Waals surface area contributed by atoms with Gasteiger partial charge in [0.15, 0.2) is 5.69 Å². The predicted octanol–water partition coefficient (Wildman–Crippen LogP) is 1.80. The van der Waals surface area contributed by atoms with Crippen molar-refractivity contribution in [1.82, 2.24) is 25.5 Å². The second-order valence-electron chi connectivity index (χ2n) is 7.00. The third-order valence-corrected chi connectivity index (χ3v) is 4.90. The number of piperidine rings is 1. The topological polar surface area (TPSA) is 127 Å². The van der Waals surface area contributed by atoms with E-state index in [1.165, 1.54) is 24.3 Å². The van der Waals surface area contributed by atoms with Crippen LogP contribution in [0.15, 0.2) is 29.1 Å². The van der Waals surface area contributed by atoms with Gasteiger partial charge in [-0.25, -0.2) is 14.2 Å². The van der Waals surface area contributed by atoms with Crippen LogP contribution in [-0.2, 0) is 6.54 Å². The number of carbonyl (C=O) groups is 2. The number of urea groups is 1. The van der Waals surface area contributed by atoms with E-state index in [9.17, 15) is 23.9 Å². The van der Waals surface area contributed by atoms with Crippen molar-refractivity contribution in [2.75, 3.05) is 13.1 Å². The fourth-order valence-electron chi connectivity index (χ4n) is 3.38. The smallest absolute Gasteiger partial charge is 0.318 e. The molecule has 1 fully saturated rings. The Balaban J connectivity index is 1.83. The lowest BCUT2D eigenvalue weighted by atomic mass is 10.0. The minimum absolute atomic E-state index is 0.0663. The van der Waals surface area contributed by atoms with Gasteiger partial charge in [-0.3, -0.25) is 9.59 Å². The van der Waals surface area contributed by atoms with E-state index < -0.39 is 34.8 Å². The molecule has 30 heavy (non-hydrogen) atoms. The van der Waals surface area contributed by atoms with Crippen LogP contribution < -0.4 is 16.2 Å². The summed E-state index contributed by atoms with van der Waals surface area (Å²) in [4.78, 5) is 45.4. The molecule has 10 heteroatoms. The minimum Gasteiger partial charge on any atom is -0.501 e. The van der Waals surface area contributed by atoms with Gasteiger partial charge in [0.1, 0.15) is 11.6 Å². The first-order valence-corrected chi connectivity index (χ1v) is 9.81. The van der Waals surface area contributed by atoms with Gasteiger partial charge in [0, 0.05) is 19.6 Å². The lowest BCUT2D eigenvalue weighted by molar-refractivity contribution is 0.0941.